The fourth-order valence-corrected chi connectivity index (χ4v) is 4.35. The van der Waals surface area contributed by atoms with Crippen LogP contribution in [0.1, 0.15) is 45.1 Å². The van der Waals surface area contributed by atoms with Gasteiger partial charge in [0.25, 0.3) is 5.91 Å². The van der Waals surface area contributed by atoms with E-state index < -0.39 is 17.9 Å². The van der Waals surface area contributed by atoms with Crippen molar-refractivity contribution in [2.75, 3.05) is 20.3 Å². The van der Waals surface area contributed by atoms with E-state index in [0.717, 1.165) is 23.7 Å². The van der Waals surface area contributed by atoms with E-state index >= 15 is 0 Å². The maximum Gasteiger partial charge on any atom is 0.326 e. The van der Waals surface area contributed by atoms with Crippen molar-refractivity contribution in [1.82, 2.24) is 10.2 Å². The molecule has 2 amide bonds. The number of unbranched alkanes of at least 4 members (excludes halogenated alkanes) is 1. The molecule has 0 aliphatic carbocycles. The third-order valence-electron chi connectivity index (χ3n) is 4.70. The largest absolute Gasteiger partial charge is 0.493 e. The van der Waals surface area contributed by atoms with Gasteiger partial charge in [0.1, 0.15) is 10.4 Å². The standard InChI is InChI=1S/C22H28N2O6S2/c1-4-6-7-15(21(27)28)23-19(25)10-11-24-20(26)18(32-22(24)31)13-14-8-9-16(30-5-2)17(12-14)29-3/h8-9,12-13,15H,4-7,10-11H2,1-3H3,(H,23,25)(H,27,28)/b18-13+/t15-/m1/s1. The van der Waals surface area contributed by atoms with Crippen molar-refractivity contribution in [1.29, 1.82) is 0 Å². The predicted molar refractivity (Wildman–Crippen MR) is 128 cm³/mol. The summed E-state index contributed by atoms with van der Waals surface area (Å²) in [4.78, 5) is 38.1. The Labute approximate surface area is 197 Å². The number of hydrogen-bond donors (Lipinski definition) is 2. The lowest BCUT2D eigenvalue weighted by Crippen LogP contribution is -2.42. The molecule has 1 aromatic rings. The molecule has 0 aromatic heterocycles. The third kappa shape index (κ3) is 6.96. The molecule has 2 N–H and O–H groups in total. The highest BCUT2D eigenvalue weighted by Gasteiger charge is 2.32. The molecular formula is C22H28N2O6S2. The van der Waals surface area contributed by atoms with Gasteiger partial charge in [0.2, 0.25) is 5.91 Å². The minimum Gasteiger partial charge on any atom is -0.493 e. The summed E-state index contributed by atoms with van der Waals surface area (Å²) in [5.41, 5.74) is 0.753. The molecule has 10 heteroatoms. The zero-order valence-electron chi connectivity index (χ0n) is 18.4. The molecule has 32 heavy (non-hydrogen) atoms. The number of aliphatic carboxylic acids is 1. The second kappa shape index (κ2) is 12.4. The van der Waals surface area contributed by atoms with E-state index in [1.807, 2.05) is 19.9 Å². The number of thioether (sulfide) groups is 1. The van der Waals surface area contributed by atoms with Crippen LogP contribution in [0.25, 0.3) is 6.08 Å². The number of methoxy groups -OCH3 is 1. The monoisotopic (exact) mass is 480 g/mol. The first-order valence-corrected chi connectivity index (χ1v) is 11.6. The topological polar surface area (TPSA) is 105 Å². The van der Waals surface area contributed by atoms with Crippen molar-refractivity contribution in [2.24, 2.45) is 0 Å². The van der Waals surface area contributed by atoms with Crippen molar-refractivity contribution in [3.05, 3.63) is 28.7 Å². The molecule has 0 radical (unpaired) electrons. The predicted octanol–water partition coefficient (Wildman–Crippen LogP) is 3.44. The minimum absolute atomic E-state index is 0.0352. The minimum atomic E-state index is -1.06. The Kier molecular flexibility index (Phi) is 9.98. The van der Waals surface area contributed by atoms with Crippen LogP contribution in [0.3, 0.4) is 0 Å². The highest BCUT2D eigenvalue weighted by Crippen LogP contribution is 2.34. The quantitative estimate of drug-likeness (QED) is 0.346. The maximum atomic E-state index is 12.8. The Morgan fingerprint density at radius 1 is 1.31 bits per heavy atom. The number of nitrogens with one attached hydrogen (secondary N) is 1. The molecule has 174 valence electrons. The van der Waals surface area contributed by atoms with Gasteiger partial charge < -0.3 is 19.9 Å². The summed E-state index contributed by atoms with van der Waals surface area (Å²) in [7, 11) is 1.54. The number of amides is 2. The first-order chi connectivity index (χ1) is 15.3. The lowest BCUT2D eigenvalue weighted by Gasteiger charge is -2.17. The maximum absolute atomic E-state index is 12.8. The number of carbonyl (C=O) groups excluding carboxylic acids is 2. The molecule has 1 aliphatic heterocycles. The Balaban J connectivity index is 2.02. The normalized spacial score (nSPS) is 15.7. The van der Waals surface area contributed by atoms with Gasteiger partial charge in [0.05, 0.1) is 18.6 Å². The highest BCUT2D eigenvalue weighted by atomic mass is 32.2. The SMILES string of the molecule is CCCC[C@@H](NC(=O)CCN1C(=O)/C(=C\c2ccc(OCC)c(OC)c2)SC1=S)C(=O)O. The fraction of sp³-hybridized carbons (Fsp3) is 0.455. The number of carboxylic acids is 1. The first kappa shape index (κ1) is 25.7. The number of carboxylic acid groups (broad SMARTS) is 1. The van der Waals surface area contributed by atoms with Crippen LogP contribution in [0.4, 0.5) is 0 Å². The Morgan fingerprint density at radius 3 is 2.69 bits per heavy atom. The van der Waals surface area contributed by atoms with E-state index in [1.54, 1.807) is 25.3 Å². The Hall–Kier alpha value is -2.59. The second-order valence-electron chi connectivity index (χ2n) is 7.03. The summed E-state index contributed by atoms with van der Waals surface area (Å²) in [6.45, 7) is 4.42. The van der Waals surface area contributed by atoms with Gasteiger partial charge in [-0.05, 0) is 37.1 Å². The number of thiocarbonyl (C=S) groups is 1. The number of rotatable bonds is 12. The van der Waals surface area contributed by atoms with Crippen LogP contribution in [0, 0.1) is 0 Å². The van der Waals surface area contributed by atoms with Crippen molar-refractivity contribution in [3.8, 4) is 11.5 Å². The lowest BCUT2D eigenvalue weighted by molar-refractivity contribution is -0.142. The Bertz CT molecular complexity index is 902. The van der Waals surface area contributed by atoms with Gasteiger partial charge in [-0.25, -0.2) is 4.79 Å². The van der Waals surface area contributed by atoms with Crippen molar-refractivity contribution < 1.29 is 29.0 Å². The summed E-state index contributed by atoms with van der Waals surface area (Å²) in [6, 6.07) is 4.43. The summed E-state index contributed by atoms with van der Waals surface area (Å²) >= 11 is 6.47. The zero-order valence-corrected chi connectivity index (χ0v) is 20.0. The van der Waals surface area contributed by atoms with E-state index in [1.165, 1.54) is 4.90 Å². The van der Waals surface area contributed by atoms with Gasteiger partial charge in [0, 0.05) is 13.0 Å². The summed E-state index contributed by atoms with van der Waals surface area (Å²) in [5.74, 6) is -0.608. The molecule has 1 aliphatic rings. The molecule has 0 unspecified atom stereocenters. The molecule has 0 bridgehead atoms. The van der Waals surface area contributed by atoms with Gasteiger partial charge in [-0.15, -0.1) is 0 Å². The molecular weight excluding hydrogens is 452 g/mol. The van der Waals surface area contributed by atoms with Gasteiger partial charge >= 0.3 is 5.97 Å². The van der Waals surface area contributed by atoms with E-state index in [-0.39, 0.29) is 18.9 Å². The van der Waals surface area contributed by atoms with Gasteiger partial charge in [-0.2, -0.15) is 0 Å². The molecule has 2 rings (SSSR count). The average molecular weight is 481 g/mol. The number of hydrogen-bond acceptors (Lipinski definition) is 7. The number of benzene rings is 1. The Morgan fingerprint density at radius 2 is 2.06 bits per heavy atom. The van der Waals surface area contributed by atoms with Gasteiger partial charge in [-0.1, -0.05) is 49.8 Å². The molecule has 1 heterocycles. The van der Waals surface area contributed by atoms with E-state index in [0.29, 0.717) is 40.2 Å². The zero-order chi connectivity index (χ0) is 23.7. The average Bonchev–Trinajstić information content (AvgIpc) is 3.02. The number of ether oxygens (including phenoxy) is 2. The van der Waals surface area contributed by atoms with Crippen LogP contribution >= 0.6 is 24.0 Å². The molecule has 8 nitrogen and oxygen atoms in total. The summed E-state index contributed by atoms with van der Waals surface area (Å²) in [6.07, 6.45) is 3.58. The molecule has 1 aromatic carbocycles. The highest BCUT2D eigenvalue weighted by molar-refractivity contribution is 8.26. The van der Waals surface area contributed by atoms with E-state index in [4.69, 9.17) is 21.7 Å². The van der Waals surface area contributed by atoms with Crippen molar-refractivity contribution in [2.45, 2.75) is 45.6 Å². The van der Waals surface area contributed by atoms with Crippen LogP contribution < -0.4 is 14.8 Å². The van der Waals surface area contributed by atoms with Crippen molar-refractivity contribution in [3.63, 3.8) is 0 Å². The van der Waals surface area contributed by atoms with Gasteiger partial charge in [-0.3, -0.25) is 14.5 Å². The van der Waals surface area contributed by atoms with Crippen LogP contribution in [-0.4, -0.2) is 58.4 Å². The second-order valence-corrected chi connectivity index (χ2v) is 8.70. The van der Waals surface area contributed by atoms with Crippen LogP contribution in [0.5, 0.6) is 11.5 Å². The first-order valence-electron chi connectivity index (χ1n) is 10.4. The summed E-state index contributed by atoms with van der Waals surface area (Å²) < 4.78 is 11.2. The lowest BCUT2D eigenvalue weighted by atomic mass is 10.1. The van der Waals surface area contributed by atoms with Crippen molar-refractivity contribution >= 4 is 52.2 Å². The molecule has 0 spiro atoms. The van der Waals surface area contributed by atoms with Gasteiger partial charge in [0.15, 0.2) is 11.5 Å². The number of carbonyl (C=O) groups is 3. The smallest absolute Gasteiger partial charge is 0.326 e. The fourth-order valence-electron chi connectivity index (χ4n) is 3.04. The third-order valence-corrected chi connectivity index (χ3v) is 6.08. The molecule has 1 atom stereocenters. The van der Waals surface area contributed by atoms with E-state index in [9.17, 15) is 19.5 Å². The van der Waals surface area contributed by atoms with Crippen LogP contribution in [-0.2, 0) is 14.4 Å². The van der Waals surface area contributed by atoms with Crippen LogP contribution in [0.2, 0.25) is 0 Å². The molecule has 1 saturated heterocycles. The molecule has 1 fully saturated rings. The summed E-state index contributed by atoms with van der Waals surface area (Å²) in [5, 5.41) is 11.8. The number of nitrogens with zero attached hydrogens (tertiary/aromatic N) is 1. The van der Waals surface area contributed by atoms with E-state index in [2.05, 4.69) is 5.32 Å². The van der Waals surface area contributed by atoms with Crippen LogP contribution in [0.15, 0.2) is 23.1 Å². The molecule has 0 saturated carbocycles.